The van der Waals surface area contributed by atoms with Gasteiger partial charge >= 0.3 is 18.3 Å². The highest BCUT2D eigenvalue weighted by atomic mass is 16.6. The van der Waals surface area contributed by atoms with Gasteiger partial charge in [0.25, 0.3) is 0 Å². The molecule has 7 aromatic rings. The number of pyridine rings is 1. The van der Waals surface area contributed by atoms with E-state index in [4.69, 9.17) is 32.8 Å². The van der Waals surface area contributed by atoms with Crippen molar-refractivity contribution in [2.24, 2.45) is 7.05 Å². The molecule has 4 aromatic carbocycles. The van der Waals surface area contributed by atoms with E-state index in [2.05, 4.69) is 23.9 Å². The summed E-state index contributed by atoms with van der Waals surface area (Å²) in [7, 11) is 8.55. The molecule has 0 unspecified atom stereocenters. The van der Waals surface area contributed by atoms with Gasteiger partial charge in [0.2, 0.25) is 0 Å². The standard InChI is InChI=1S/C21H21NO4.C14H19N3O2.C14H19NO4.C10H15NO/c1-21(2,3)26-20(24)22(4)15-10-11-18-16(12-15)17(23)13-19(25-18)14-8-6-5-7-9-14;1-14(2,3)19-13(18)16(4)11-7-6-10-9-15-17(5)12(10)8-11;1-14(2,3)19-13(16)15(4)10-5-6-11-12(9-10)18-8-7-17-11;1-5-9-8(3)10(12-4)7(2)6-11-9/h5-13H,1-4H3;6-9H,1-5H3;5-6,9H,7-8H2,1-4H3;6H,5H2,1-4H3. The van der Waals surface area contributed by atoms with Gasteiger partial charge in [-0.25, -0.2) is 14.4 Å². The zero-order valence-electron chi connectivity index (χ0n) is 47.1. The van der Waals surface area contributed by atoms with Gasteiger partial charge in [0.1, 0.15) is 47.1 Å². The van der Waals surface area contributed by atoms with E-state index in [1.165, 1.54) is 26.3 Å². The van der Waals surface area contributed by atoms with E-state index in [-0.39, 0.29) is 11.5 Å². The first kappa shape index (κ1) is 58.8. The van der Waals surface area contributed by atoms with Crippen LogP contribution in [0, 0.1) is 13.8 Å². The molecule has 1 aliphatic rings. The number of ether oxygens (including phenoxy) is 6. The van der Waals surface area contributed by atoms with Crippen molar-refractivity contribution in [3.8, 4) is 28.6 Å². The molecule has 0 saturated heterocycles. The predicted octanol–water partition coefficient (Wildman–Crippen LogP) is 12.9. The van der Waals surface area contributed by atoms with Crippen LogP contribution in [-0.2, 0) is 27.7 Å². The number of aromatic nitrogens is 3. The van der Waals surface area contributed by atoms with Crippen molar-refractivity contribution >= 4 is 57.2 Å². The molecule has 0 bridgehead atoms. The zero-order chi connectivity index (χ0) is 56.3. The van der Waals surface area contributed by atoms with Crippen molar-refractivity contribution in [2.75, 3.05) is 56.2 Å². The Labute approximate surface area is 446 Å². The maximum absolute atomic E-state index is 12.6. The van der Waals surface area contributed by atoms with Crippen LogP contribution >= 0.6 is 0 Å². The SMILES string of the molecule is CCc1ncc(C)c(OC)c1C.CN(C(=O)OC(C)(C)C)c1ccc2c(c1)OCCO2.CN(C(=O)OC(C)(C)C)c1ccc2cnn(C)c2c1.CN(C(=O)OC(C)(C)C)c1ccc2oc(-c3ccccc3)cc(=O)c2c1. The number of nitrogens with zero attached hydrogens (tertiary/aromatic N) is 6. The number of benzene rings is 4. The Bertz CT molecular complexity index is 3180. The van der Waals surface area contributed by atoms with Gasteiger partial charge < -0.3 is 32.8 Å². The van der Waals surface area contributed by atoms with Crippen LogP contribution in [0.2, 0.25) is 0 Å². The second kappa shape index (κ2) is 25.0. The third-order valence-electron chi connectivity index (χ3n) is 11.3. The highest BCUT2D eigenvalue weighted by Gasteiger charge is 2.24. The highest BCUT2D eigenvalue weighted by Crippen LogP contribution is 2.34. The smallest absolute Gasteiger partial charge is 0.414 e. The Morgan fingerprint density at radius 1 is 0.658 bits per heavy atom. The molecule has 3 amide bonds. The third kappa shape index (κ3) is 16.2. The molecule has 8 rings (SSSR count). The Balaban J connectivity index is 0.000000193. The van der Waals surface area contributed by atoms with E-state index in [0.29, 0.717) is 52.8 Å². The number of methoxy groups -OCH3 is 1. The lowest BCUT2D eigenvalue weighted by atomic mass is 10.1. The van der Waals surface area contributed by atoms with Crippen LogP contribution in [0.4, 0.5) is 31.4 Å². The van der Waals surface area contributed by atoms with Gasteiger partial charge in [-0.3, -0.25) is 29.2 Å². The van der Waals surface area contributed by atoms with Crippen molar-refractivity contribution in [1.82, 2.24) is 14.8 Å². The van der Waals surface area contributed by atoms with Gasteiger partial charge in [-0.15, -0.1) is 0 Å². The van der Waals surface area contributed by atoms with Crippen LogP contribution in [-0.4, -0.2) is 91.3 Å². The number of anilines is 3. The minimum absolute atomic E-state index is 0.162. The lowest BCUT2D eigenvalue weighted by Crippen LogP contribution is -2.34. The maximum Gasteiger partial charge on any atom is 0.414 e. The average molecular weight is 1040 g/mol. The summed E-state index contributed by atoms with van der Waals surface area (Å²) in [6.07, 6.45) is 3.38. The summed E-state index contributed by atoms with van der Waals surface area (Å²) in [6.45, 7) is 23.7. The number of fused-ring (bicyclic) bond motifs is 3. The van der Waals surface area contributed by atoms with Gasteiger partial charge in [-0.1, -0.05) is 37.3 Å². The second-order valence-electron chi connectivity index (χ2n) is 20.9. The first-order valence-corrected chi connectivity index (χ1v) is 24.9. The summed E-state index contributed by atoms with van der Waals surface area (Å²) in [5, 5.41) is 5.64. The van der Waals surface area contributed by atoms with E-state index in [9.17, 15) is 19.2 Å². The van der Waals surface area contributed by atoms with E-state index in [0.717, 1.165) is 45.6 Å². The molecule has 0 saturated carbocycles. The van der Waals surface area contributed by atoms with Crippen LogP contribution in [0.1, 0.15) is 86.1 Å². The van der Waals surface area contributed by atoms with E-state index >= 15 is 0 Å². The fraction of sp³-hybridized carbons (Fsp3) is 0.390. The number of rotatable bonds is 6. The largest absolute Gasteiger partial charge is 0.496 e. The van der Waals surface area contributed by atoms with E-state index < -0.39 is 29.0 Å². The lowest BCUT2D eigenvalue weighted by Gasteiger charge is -2.26. The molecule has 0 atom stereocenters. The van der Waals surface area contributed by atoms with Crippen molar-refractivity contribution in [1.29, 1.82) is 0 Å². The summed E-state index contributed by atoms with van der Waals surface area (Å²) in [4.78, 5) is 57.4. The van der Waals surface area contributed by atoms with Gasteiger partial charge in [0.05, 0.1) is 29.9 Å². The molecule has 0 aliphatic carbocycles. The van der Waals surface area contributed by atoms with Crippen molar-refractivity contribution in [3.05, 3.63) is 130 Å². The van der Waals surface area contributed by atoms with Gasteiger partial charge in [0, 0.05) is 85.7 Å². The molecule has 4 heterocycles. The summed E-state index contributed by atoms with van der Waals surface area (Å²) in [5.74, 6) is 2.84. The second-order valence-corrected chi connectivity index (χ2v) is 20.9. The molecule has 3 aromatic heterocycles. The molecule has 76 heavy (non-hydrogen) atoms. The first-order chi connectivity index (χ1) is 35.6. The Kier molecular flexibility index (Phi) is 19.3. The maximum atomic E-state index is 12.6. The molecule has 0 fully saturated rings. The molecule has 17 heteroatoms. The van der Waals surface area contributed by atoms with Crippen LogP contribution in [0.25, 0.3) is 33.2 Å². The fourth-order valence-electron chi connectivity index (χ4n) is 7.41. The number of hydrogen-bond donors (Lipinski definition) is 0. The van der Waals surface area contributed by atoms with Gasteiger partial charge in [0.15, 0.2) is 16.9 Å². The molecule has 0 spiro atoms. The number of carbonyl (C=O) groups excluding carboxylic acids is 3. The molecule has 17 nitrogen and oxygen atoms in total. The topological polar surface area (TPSA) is 177 Å². The van der Waals surface area contributed by atoms with Gasteiger partial charge in [-0.2, -0.15) is 5.10 Å². The monoisotopic (exact) mass is 1040 g/mol. The quantitative estimate of drug-likeness (QED) is 0.144. The molecule has 0 N–H and O–H groups in total. The number of amides is 3. The van der Waals surface area contributed by atoms with Crippen LogP contribution in [0.5, 0.6) is 17.2 Å². The molecule has 1 aliphatic heterocycles. The first-order valence-electron chi connectivity index (χ1n) is 24.9. The summed E-state index contributed by atoms with van der Waals surface area (Å²) >= 11 is 0. The molecule has 406 valence electrons. The van der Waals surface area contributed by atoms with E-state index in [1.54, 1.807) is 96.3 Å². The number of aryl methyl sites for hydroxylation is 3. The highest BCUT2D eigenvalue weighted by molar-refractivity contribution is 5.93. The minimum Gasteiger partial charge on any atom is -0.496 e. The lowest BCUT2D eigenvalue weighted by molar-refractivity contribution is 0.0578. The van der Waals surface area contributed by atoms with Gasteiger partial charge in [-0.05, 0) is 131 Å². The Morgan fingerprint density at radius 2 is 1.17 bits per heavy atom. The zero-order valence-corrected chi connectivity index (χ0v) is 47.1. The Hall–Kier alpha value is -8.08. The number of carbonyl (C=O) groups is 3. The summed E-state index contributed by atoms with van der Waals surface area (Å²) < 4.78 is 39.9. The Morgan fingerprint density at radius 3 is 1.71 bits per heavy atom. The van der Waals surface area contributed by atoms with Crippen molar-refractivity contribution in [3.63, 3.8) is 0 Å². The normalized spacial score (nSPS) is 11.9. The van der Waals surface area contributed by atoms with E-state index in [1.807, 2.05) is 110 Å². The molecular weight excluding hydrogens is 969 g/mol. The summed E-state index contributed by atoms with van der Waals surface area (Å²) in [6, 6.07) is 27.1. The van der Waals surface area contributed by atoms with Crippen LogP contribution in [0.15, 0.2) is 113 Å². The van der Waals surface area contributed by atoms with Crippen molar-refractivity contribution < 1.29 is 47.2 Å². The molecular formula is C59H74N6O11. The third-order valence-corrected chi connectivity index (χ3v) is 11.3. The molecule has 0 radical (unpaired) electrons. The average Bonchev–Trinajstić information content (AvgIpc) is 3.74. The van der Waals surface area contributed by atoms with Crippen molar-refractivity contribution in [2.45, 2.75) is 106 Å². The van der Waals surface area contributed by atoms with Crippen LogP contribution < -0.4 is 34.3 Å². The fourth-order valence-corrected chi connectivity index (χ4v) is 7.41. The number of hydrogen-bond acceptors (Lipinski definition) is 13. The predicted molar refractivity (Wildman–Crippen MR) is 300 cm³/mol. The minimum atomic E-state index is -0.591. The van der Waals surface area contributed by atoms with Crippen LogP contribution in [0.3, 0.4) is 0 Å². The summed E-state index contributed by atoms with van der Waals surface area (Å²) in [5.41, 5.74) is 5.96.